The standard InChI is InChI=1S/C13H16ClNO2/c1-15-6-5-10(8-12(15)13(16)17)9-3-2-4-11(14)7-9/h2-4,7,10,12H,5-6,8H2,1H3,(H,16,17). The summed E-state index contributed by atoms with van der Waals surface area (Å²) in [5, 5.41) is 9.88. The maximum Gasteiger partial charge on any atom is 0.320 e. The zero-order valence-corrected chi connectivity index (χ0v) is 10.5. The fourth-order valence-electron chi connectivity index (χ4n) is 2.44. The van der Waals surface area contributed by atoms with Crippen molar-refractivity contribution in [3.8, 4) is 0 Å². The number of likely N-dealkylation sites (tertiary alicyclic amines) is 1. The Bertz CT molecular complexity index is 422. The van der Waals surface area contributed by atoms with Crippen LogP contribution in [0.25, 0.3) is 0 Å². The molecule has 1 saturated heterocycles. The third-order valence-corrected chi connectivity index (χ3v) is 3.71. The van der Waals surface area contributed by atoms with Gasteiger partial charge >= 0.3 is 5.97 Å². The van der Waals surface area contributed by atoms with Crippen LogP contribution < -0.4 is 0 Å². The first-order chi connectivity index (χ1) is 8.08. The van der Waals surface area contributed by atoms with E-state index < -0.39 is 5.97 Å². The van der Waals surface area contributed by atoms with Gasteiger partial charge in [-0.15, -0.1) is 0 Å². The molecule has 17 heavy (non-hydrogen) atoms. The van der Waals surface area contributed by atoms with E-state index in [-0.39, 0.29) is 6.04 Å². The quantitative estimate of drug-likeness (QED) is 0.881. The highest BCUT2D eigenvalue weighted by Crippen LogP contribution is 2.32. The number of hydrogen-bond donors (Lipinski definition) is 1. The number of nitrogens with zero attached hydrogens (tertiary/aromatic N) is 1. The molecule has 0 saturated carbocycles. The van der Waals surface area contributed by atoms with Gasteiger partial charge in [-0.2, -0.15) is 0 Å². The first-order valence-corrected chi connectivity index (χ1v) is 6.14. The number of piperidine rings is 1. The lowest BCUT2D eigenvalue weighted by molar-refractivity contribution is -0.144. The number of rotatable bonds is 2. The largest absolute Gasteiger partial charge is 0.480 e. The van der Waals surface area contributed by atoms with Gasteiger partial charge in [0.2, 0.25) is 0 Å². The number of carboxylic acid groups (broad SMARTS) is 1. The topological polar surface area (TPSA) is 40.5 Å². The van der Waals surface area contributed by atoms with Crippen LogP contribution in [0.5, 0.6) is 0 Å². The number of benzene rings is 1. The molecule has 0 aliphatic carbocycles. The maximum absolute atomic E-state index is 11.1. The second kappa shape index (κ2) is 5.07. The summed E-state index contributed by atoms with van der Waals surface area (Å²) in [4.78, 5) is 13.0. The van der Waals surface area contributed by atoms with Gasteiger partial charge in [0.25, 0.3) is 0 Å². The average molecular weight is 254 g/mol. The molecule has 1 N–H and O–H groups in total. The van der Waals surface area contributed by atoms with E-state index in [0.29, 0.717) is 17.4 Å². The average Bonchev–Trinajstić information content (AvgIpc) is 2.29. The van der Waals surface area contributed by atoms with Crippen molar-refractivity contribution in [2.75, 3.05) is 13.6 Å². The van der Waals surface area contributed by atoms with E-state index in [2.05, 4.69) is 0 Å². The Balaban J connectivity index is 2.16. The minimum atomic E-state index is -0.737. The molecule has 1 aliphatic heterocycles. The number of carboxylic acids is 1. The summed E-state index contributed by atoms with van der Waals surface area (Å²) >= 11 is 5.96. The summed E-state index contributed by atoms with van der Waals surface area (Å²) < 4.78 is 0. The number of halogens is 1. The van der Waals surface area contributed by atoms with E-state index in [1.54, 1.807) is 0 Å². The summed E-state index contributed by atoms with van der Waals surface area (Å²) in [5.74, 6) is -0.440. The van der Waals surface area contributed by atoms with Gasteiger partial charge in [0, 0.05) is 5.02 Å². The Hall–Kier alpha value is -1.06. The molecule has 0 radical (unpaired) electrons. The zero-order chi connectivity index (χ0) is 12.4. The van der Waals surface area contributed by atoms with Gasteiger partial charge in [-0.1, -0.05) is 23.7 Å². The van der Waals surface area contributed by atoms with Crippen molar-refractivity contribution in [3.05, 3.63) is 34.9 Å². The highest BCUT2D eigenvalue weighted by atomic mass is 35.5. The van der Waals surface area contributed by atoms with E-state index in [1.165, 1.54) is 0 Å². The van der Waals surface area contributed by atoms with Crippen molar-refractivity contribution in [2.24, 2.45) is 0 Å². The van der Waals surface area contributed by atoms with Gasteiger partial charge in [-0.3, -0.25) is 9.69 Å². The molecule has 0 bridgehead atoms. The molecule has 1 fully saturated rings. The fraction of sp³-hybridized carbons (Fsp3) is 0.462. The Morgan fingerprint density at radius 3 is 2.94 bits per heavy atom. The lowest BCUT2D eigenvalue weighted by atomic mass is 9.85. The van der Waals surface area contributed by atoms with Crippen LogP contribution in [0.4, 0.5) is 0 Å². The molecule has 1 aromatic rings. The van der Waals surface area contributed by atoms with Gasteiger partial charge in [0.15, 0.2) is 0 Å². The molecule has 3 nitrogen and oxygen atoms in total. The van der Waals surface area contributed by atoms with Gasteiger partial charge in [-0.05, 0) is 50.0 Å². The summed E-state index contributed by atoms with van der Waals surface area (Å²) in [6.07, 6.45) is 1.65. The van der Waals surface area contributed by atoms with E-state index in [4.69, 9.17) is 16.7 Å². The third-order valence-electron chi connectivity index (χ3n) is 3.48. The highest BCUT2D eigenvalue weighted by Gasteiger charge is 2.31. The molecule has 92 valence electrons. The Morgan fingerprint density at radius 1 is 1.53 bits per heavy atom. The first kappa shape index (κ1) is 12.4. The van der Waals surface area contributed by atoms with Crippen LogP contribution in [-0.4, -0.2) is 35.6 Å². The first-order valence-electron chi connectivity index (χ1n) is 5.76. The van der Waals surface area contributed by atoms with E-state index in [0.717, 1.165) is 18.5 Å². The maximum atomic E-state index is 11.1. The van der Waals surface area contributed by atoms with Crippen LogP contribution in [0.15, 0.2) is 24.3 Å². The molecule has 2 unspecified atom stereocenters. The van der Waals surface area contributed by atoms with Crippen LogP contribution in [0, 0.1) is 0 Å². The van der Waals surface area contributed by atoms with Crippen molar-refractivity contribution in [1.29, 1.82) is 0 Å². The number of carbonyl (C=O) groups is 1. The summed E-state index contributed by atoms with van der Waals surface area (Å²) in [7, 11) is 1.87. The highest BCUT2D eigenvalue weighted by molar-refractivity contribution is 6.30. The van der Waals surface area contributed by atoms with Gasteiger partial charge < -0.3 is 5.11 Å². The van der Waals surface area contributed by atoms with Crippen molar-refractivity contribution in [1.82, 2.24) is 4.90 Å². The molecule has 0 amide bonds. The Morgan fingerprint density at radius 2 is 2.29 bits per heavy atom. The molecular formula is C13H16ClNO2. The Labute approximate surface area is 106 Å². The summed E-state index contributed by atoms with van der Waals surface area (Å²) in [5.41, 5.74) is 1.15. The van der Waals surface area contributed by atoms with Crippen LogP contribution in [-0.2, 0) is 4.79 Å². The molecular weight excluding hydrogens is 238 g/mol. The van der Waals surface area contributed by atoms with Gasteiger partial charge in [-0.25, -0.2) is 0 Å². The van der Waals surface area contributed by atoms with Crippen LogP contribution in [0.2, 0.25) is 5.02 Å². The summed E-state index contributed by atoms with van der Waals surface area (Å²) in [6.45, 7) is 0.814. The SMILES string of the molecule is CN1CCC(c2cccc(Cl)c2)CC1C(=O)O. The fourth-order valence-corrected chi connectivity index (χ4v) is 2.63. The normalized spacial score (nSPS) is 25.8. The van der Waals surface area contributed by atoms with Crippen molar-refractivity contribution >= 4 is 17.6 Å². The van der Waals surface area contributed by atoms with Crippen LogP contribution in [0.3, 0.4) is 0 Å². The molecule has 1 heterocycles. The zero-order valence-electron chi connectivity index (χ0n) is 9.77. The lowest BCUT2D eigenvalue weighted by Crippen LogP contribution is -2.44. The molecule has 0 spiro atoms. The van der Waals surface area contributed by atoms with E-state index in [9.17, 15) is 4.79 Å². The van der Waals surface area contributed by atoms with Gasteiger partial charge in [0.1, 0.15) is 6.04 Å². The minimum absolute atomic E-state index is 0.297. The van der Waals surface area contributed by atoms with Crippen molar-refractivity contribution in [2.45, 2.75) is 24.8 Å². The summed E-state index contributed by atoms with van der Waals surface area (Å²) in [6, 6.07) is 7.35. The second-order valence-electron chi connectivity index (χ2n) is 4.61. The Kier molecular flexibility index (Phi) is 3.69. The molecule has 0 aromatic heterocycles. The smallest absolute Gasteiger partial charge is 0.320 e. The number of hydrogen-bond acceptors (Lipinski definition) is 2. The number of likely N-dealkylation sites (N-methyl/N-ethyl adjacent to an activating group) is 1. The van der Waals surface area contributed by atoms with Gasteiger partial charge in [0.05, 0.1) is 0 Å². The number of aliphatic carboxylic acids is 1. The third kappa shape index (κ3) is 2.79. The van der Waals surface area contributed by atoms with Crippen LogP contribution >= 0.6 is 11.6 Å². The molecule has 1 aromatic carbocycles. The van der Waals surface area contributed by atoms with E-state index in [1.807, 2.05) is 36.2 Å². The predicted molar refractivity (Wildman–Crippen MR) is 67.5 cm³/mol. The molecule has 4 heteroatoms. The predicted octanol–water partition coefficient (Wildman–Crippen LogP) is 2.60. The van der Waals surface area contributed by atoms with E-state index >= 15 is 0 Å². The molecule has 2 atom stereocenters. The van der Waals surface area contributed by atoms with Crippen LogP contribution in [0.1, 0.15) is 24.3 Å². The molecule has 1 aliphatic rings. The second-order valence-corrected chi connectivity index (χ2v) is 5.05. The van der Waals surface area contributed by atoms with Crippen molar-refractivity contribution in [3.63, 3.8) is 0 Å². The molecule has 2 rings (SSSR count). The van der Waals surface area contributed by atoms with Crippen molar-refractivity contribution < 1.29 is 9.90 Å². The lowest BCUT2D eigenvalue weighted by Gasteiger charge is -2.34. The minimum Gasteiger partial charge on any atom is -0.480 e. The monoisotopic (exact) mass is 253 g/mol.